The van der Waals surface area contributed by atoms with Crippen LogP contribution in [0, 0.1) is 35.5 Å². The average Bonchev–Trinajstić information content (AvgIpc) is 2.57. The monoisotopic (exact) mass is 344 g/mol. The molecular weight excluding hydrogens is 300 g/mol. The minimum atomic E-state index is 0.919. The number of allylic oxidation sites excluding steroid dienone is 2. The van der Waals surface area contributed by atoms with E-state index in [1.165, 1.54) is 75.4 Å². The topological polar surface area (TPSA) is 0 Å². The summed E-state index contributed by atoms with van der Waals surface area (Å²) in [5.74, 6) is 5.60. The van der Waals surface area contributed by atoms with Crippen LogP contribution in [0.15, 0.2) is 24.3 Å². The largest absolute Gasteiger partial charge is 0.0995 e. The maximum atomic E-state index is 4.37. The standard InChI is InChI=1S/C25H44/c1-18(7-11-24-13-9-20(3)22(5)16-24)15-19(2)8-12-25-14-10-21(4)23(6)17-25/h20-25H,1-2,7-17H2,3-6H3. The van der Waals surface area contributed by atoms with Crippen LogP contribution in [0.3, 0.4) is 0 Å². The number of hydrogen-bond acceptors (Lipinski definition) is 0. The van der Waals surface area contributed by atoms with E-state index in [-0.39, 0.29) is 0 Å². The Balaban J connectivity index is 1.59. The van der Waals surface area contributed by atoms with Gasteiger partial charge in [0.2, 0.25) is 0 Å². The third kappa shape index (κ3) is 6.95. The average molecular weight is 345 g/mol. The first kappa shape index (κ1) is 20.8. The summed E-state index contributed by atoms with van der Waals surface area (Å²) >= 11 is 0. The van der Waals surface area contributed by atoms with E-state index in [2.05, 4.69) is 40.9 Å². The Morgan fingerprint density at radius 2 is 1.04 bits per heavy atom. The van der Waals surface area contributed by atoms with E-state index in [0.717, 1.165) is 41.9 Å². The summed E-state index contributed by atoms with van der Waals surface area (Å²) in [7, 11) is 0. The molecule has 2 aliphatic rings. The molecule has 0 radical (unpaired) electrons. The molecule has 2 aliphatic carbocycles. The molecule has 0 bridgehead atoms. The first-order chi connectivity index (χ1) is 11.8. The Labute approximate surface area is 158 Å². The summed E-state index contributed by atoms with van der Waals surface area (Å²) in [5, 5.41) is 0. The zero-order chi connectivity index (χ0) is 18.4. The van der Waals surface area contributed by atoms with E-state index in [9.17, 15) is 0 Å². The van der Waals surface area contributed by atoms with Crippen LogP contribution in [0.5, 0.6) is 0 Å². The molecule has 0 spiro atoms. The molecule has 0 nitrogen and oxygen atoms in total. The summed E-state index contributed by atoms with van der Waals surface area (Å²) in [6.45, 7) is 18.5. The maximum absolute atomic E-state index is 4.37. The Morgan fingerprint density at radius 1 is 0.640 bits per heavy atom. The fourth-order valence-electron chi connectivity index (χ4n) is 5.19. The molecule has 6 atom stereocenters. The second kappa shape index (κ2) is 9.98. The van der Waals surface area contributed by atoms with Gasteiger partial charge in [-0.1, -0.05) is 77.7 Å². The van der Waals surface area contributed by atoms with E-state index in [0.29, 0.717) is 0 Å². The van der Waals surface area contributed by atoms with Gasteiger partial charge in [-0.05, 0) is 80.5 Å². The lowest BCUT2D eigenvalue weighted by Gasteiger charge is -2.32. The molecule has 0 aliphatic heterocycles. The van der Waals surface area contributed by atoms with Crippen LogP contribution in [-0.4, -0.2) is 0 Å². The van der Waals surface area contributed by atoms with Crippen molar-refractivity contribution in [3.63, 3.8) is 0 Å². The number of rotatable bonds is 8. The zero-order valence-electron chi connectivity index (χ0n) is 17.7. The fourth-order valence-corrected chi connectivity index (χ4v) is 5.19. The lowest BCUT2D eigenvalue weighted by Crippen LogP contribution is -2.21. The van der Waals surface area contributed by atoms with Gasteiger partial charge in [0.15, 0.2) is 0 Å². The summed E-state index contributed by atoms with van der Waals surface area (Å²) in [5.41, 5.74) is 2.86. The quantitative estimate of drug-likeness (QED) is 0.389. The second-order valence-electron chi connectivity index (χ2n) is 10.0. The van der Waals surface area contributed by atoms with Gasteiger partial charge in [-0.2, -0.15) is 0 Å². The zero-order valence-corrected chi connectivity index (χ0v) is 17.7. The van der Waals surface area contributed by atoms with Crippen molar-refractivity contribution >= 4 is 0 Å². The van der Waals surface area contributed by atoms with Crippen LogP contribution in [0.1, 0.15) is 98.3 Å². The highest BCUT2D eigenvalue weighted by Gasteiger charge is 2.25. The third-order valence-corrected chi connectivity index (χ3v) is 7.73. The van der Waals surface area contributed by atoms with Crippen molar-refractivity contribution in [2.24, 2.45) is 35.5 Å². The van der Waals surface area contributed by atoms with Gasteiger partial charge in [0.1, 0.15) is 0 Å². The summed E-state index contributed by atoms with van der Waals surface area (Å²) in [6.07, 6.45) is 14.9. The first-order valence-corrected chi connectivity index (χ1v) is 11.2. The molecule has 2 rings (SSSR count). The summed E-state index contributed by atoms with van der Waals surface area (Å²) in [4.78, 5) is 0. The third-order valence-electron chi connectivity index (χ3n) is 7.73. The van der Waals surface area contributed by atoms with Gasteiger partial charge in [0.25, 0.3) is 0 Å². The normalized spacial score (nSPS) is 36.2. The Kier molecular flexibility index (Phi) is 8.30. The second-order valence-corrected chi connectivity index (χ2v) is 10.0. The predicted octanol–water partition coefficient (Wildman–Crippen LogP) is 8.19. The molecule has 0 heterocycles. The molecule has 2 saturated carbocycles. The molecule has 0 heteroatoms. The molecule has 0 aromatic rings. The van der Waals surface area contributed by atoms with Gasteiger partial charge in [0.05, 0.1) is 0 Å². The highest BCUT2D eigenvalue weighted by Crippen LogP contribution is 2.38. The molecule has 0 aromatic carbocycles. The van der Waals surface area contributed by atoms with Crippen LogP contribution in [-0.2, 0) is 0 Å². The van der Waals surface area contributed by atoms with Crippen molar-refractivity contribution in [3.05, 3.63) is 24.3 Å². The van der Waals surface area contributed by atoms with Crippen LogP contribution in [0.4, 0.5) is 0 Å². The highest BCUT2D eigenvalue weighted by molar-refractivity contribution is 5.09. The van der Waals surface area contributed by atoms with Crippen molar-refractivity contribution in [2.75, 3.05) is 0 Å². The van der Waals surface area contributed by atoms with E-state index < -0.39 is 0 Å². The molecule has 2 fully saturated rings. The van der Waals surface area contributed by atoms with E-state index in [1.54, 1.807) is 0 Å². The molecular formula is C25H44. The van der Waals surface area contributed by atoms with Gasteiger partial charge >= 0.3 is 0 Å². The number of hydrogen-bond donors (Lipinski definition) is 0. The SMILES string of the molecule is C=C(CCC1CCC(C)C(C)C1)CC(=C)CCC1CCC(C)C(C)C1. The molecule has 6 unspecified atom stereocenters. The Morgan fingerprint density at radius 3 is 1.40 bits per heavy atom. The van der Waals surface area contributed by atoms with Gasteiger partial charge in [-0.25, -0.2) is 0 Å². The molecule has 144 valence electrons. The molecule has 0 aromatic heterocycles. The Bertz CT molecular complexity index is 391. The van der Waals surface area contributed by atoms with Crippen LogP contribution >= 0.6 is 0 Å². The van der Waals surface area contributed by atoms with Crippen molar-refractivity contribution in [1.82, 2.24) is 0 Å². The van der Waals surface area contributed by atoms with E-state index in [4.69, 9.17) is 0 Å². The lowest BCUT2D eigenvalue weighted by atomic mass is 9.73. The highest BCUT2D eigenvalue weighted by atomic mass is 14.3. The van der Waals surface area contributed by atoms with Gasteiger partial charge < -0.3 is 0 Å². The summed E-state index contributed by atoms with van der Waals surface area (Å²) in [6, 6.07) is 0. The first-order valence-electron chi connectivity index (χ1n) is 11.2. The minimum absolute atomic E-state index is 0.919. The fraction of sp³-hybridized carbons (Fsp3) is 0.840. The molecule has 0 N–H and O–H groups in total. The van der Waals surface area contributed by atoms with Gasteiger partial charge in [-0.15, -0.1) is 0 Å². The van der Waals surface area contributed by atoms with E-state index in [1.807, 2.05) is 0 Å². The van der Waals surface area contributed by atoms with Crippen molar-refractivity contribution in [3.8, 4) is 0 Å². The van der Waals surface area contributed by atoms with Crippen LogP contribution in [0.2, 0.25) is 0 Å². The van der Waals surface area contributed by atoms with Crippen molar-refractivity contribution in [2.45, 2.75) is 98.3 Å². The van der Waals surface area contributed by atoms with Crippen molar-refractivity contribution in [1.29, 1.82) is 0 Å². The Hall–Kier alpha value is -0.520. The van der Waals surface area contributed by atoms with Crippen LogP contribution in [0.25, 0.3) is 0 Å². The smallest absolute Gasteiger partial charge is 0.0114 e. The van der Waals surface area contributed by atoms with Crippen LogP contribution < -0.4 is 0 Å². The van der Waals surface area contributed by atoms with E-state index >= 15 is 0 Å². The molecule has 0 amide bonds. The lowest BCUT2D eigenvalue weighted by molar-refractivity contribution is 0.199. The minimum Gasteiger partial charge on any atom is -0.0995 e. The maximum Gasteiger partial charge on any atom is -0.0114 e. The van der Waals surface area contributed by atoms with Gasteiger partial charge in [0, 0.05) is 0 Å². The molecule has 0 saturated heterocycles. The van der Waals surface area contributed by atoms with Crippen molar-refractivity contribution < 1.29 is 0 Å². The summed E-state index contributed by atoms with van der Waals surface area (Å²) < 4.78 is 0. The van der Waals surface area contributed by atoms with Gasteiger partial charge in [-0.3, -0.25) is 0 Å². The predicted molar refractivity (Wildman–Crippen MR) is 113 cm³/mol. The molecule has 25 heavy (non-hydrogen) atoms.